The highest BCUT2D eigenvalue weighted by molar-refractivity contribution is 6.32. The fourth-order valence-corrected chi connectivity index (χ4v) is 3.09. The molecule has 2 fully saturated rings. The summed E-state index contributed by atoms with van der Waals surface area (Å²) in [5, 5.41) is 4.17. The standard InChI is InChI=1S/C15H20ClNO/c1-10-2-5-14(13(16)8-10)18-15(11-3-4-11)12-6-7-17-9-12/h2,5,8,11-12,15,17H,3-4,6-7,9H2,1H3/t12-,15-/m0/s1. The first-order valence-electron chi connectivity index (χ1n) is 6.87. The van der Waals surface area contributed by atoms with Gasteiger partial charge in [0.05, 0.1) is 5.02 Å². The predicted octanol–water partition coefficient (Wildman–Crippen LogP) is 3.42. The first kappa shape index (κ1) is 12.3. The summed E-state index contributed by atoms with van der Waals surface area (Å²) in [7, 11) is 0. The molecule has 1 saturated carbocycles. The fraction of sp³-hybridized carbons (Fsp3) is 0.600. The number of halogens is 1. The number of nitrogens with one attached hydrogen (secondary N) is 1. The van der Waals surface area contributed by atoms with Crippen molar-refractivity contribution in [3.63, 3.8) is 0 Å². The number of ether oxygens (including phenoxy) is 1. The van der Waals surface area contributed by atoms with Crippen LogP contribution in [0.2, 0.25) is 5.02 Å². The van der Waals surface area contributed by atoms with Crippen LogP contribution in [-0.4, -0.2) is 19.2 Å². The van der Waals surface area contributed by atoms with E-state index in [4.69, 9.17) is 16.3 Å². The summed E-state index contributed by atoms with van der Waals surface area (Å²) in [6.07, 6.45) is 4.19. The maximum absolute atomic E-state index is 6.26. The van der Waals surface area contributed by atoms with Crippen molar-refractivity contribution in [2.75, 3.05) is 13.1 Å². The van der Waals surface area contributed by atoms with Crippen molar-refractivity contribution in [1.82, 2.24) is 5.32 Å². The largest absolute Gasteiger partial charge is 0.488 e. The van der Waals surface area contributed by atoms with Gasteiger partial charge in [-0.05, 0) is 56.3 Å². The maximum Gasteiger partial charge on any atom is 0.138 e. The molecule has 0 amide bonds. The molecule has 1 N–H and O–H groups in total. The van der Waals surface area contributed by atoms with E-state index in [0.717, 1.165) is 29.8 Å². The van der Waals surface area contributed by atoms with Crippen LogP contribution in [0.3, 0.4) is 0 Å². The molecule has 1 aliphatic carbocycles. The number of hydrogen-bond acceptors (Lipinski definition) is 2. The lowest BCUT2D eigenvalue weighted by Gasteiger charge is -2.25. The molecule has 0 bridgehead atoms. The minimum absolute atomic E-state index is 0.347. The zero-order valence-electron chi connectivity index (χ0n) is 10.8. The maximum atomic E-state index is 6.26. The Kier molecular flexibility index (Phi) is 3.49. The number of rotatable bonds is 4. The van der Waals surface area contributed by atoms with Crippen LogP contribution in [0.4, 0.5) is 0 Å². The summed E-state index contributed by atoms with van der Waals surface area (Å²) in [6.45, 7) is 4.26. The van der Waals surface area contributed by atoms with Crippen LogP contribution in [0.15, 0.2) is 18.2 Å². The normalized spacial score (nSPS) is 25.1. The molecule has 2 atom stereocenters. The van der Waals surface area contributed by atoms with E-state index in [1.165, 1.54) is 24.8 Å². The van der Waals surface area contributed by atoms with Gasteiger partial charge in [-0.25, -0.2) is 0 Å². The van der Waals surface area contributed by atoms with Gasteiger partial charge in [0.25, 0.3) is 0 Å². The lowest BCUT2D eigenvalue weighted by Crippen LogP contribution is -2.30. The summed E-state index contributed by atoms with van der Waals surface area (Å²) >= 11 is 6.26. The smallest absolute Gasteiger partial charge is 0.138 e. The van der Waals surface area contributed by atoms with Crippen LogP contribution >= 0.6 is 11.6 Å². The average molecular weight is 266 g/mol. The third kappa shape index (κ3) is 2.65. The summed E-state index contributed by atoms with van der Waals surface area (Å²) in [5.74, 6) is 2.24. The second kappa shape index (κ2) is 5.10. The molecule has 2 nitrogen and oxygen atoms in total. The molecular formula is C15H20ClNO. The van der Waals surface area contributed by atoms with E-state index < -0.39 is 0 Å². The van der Waals surface area contributed by atoms with Crippen molar-refractivity contribution >= 4 is 11.6 Å². The monoisotopic (exact) mass is 265 g/mol. The van der Waals surface area contributed by atoms with Crippen LogP contribution in [0, 0.1) is 18.8 Å². The highest BCUT2D eigenvalue weighted by atomic mass is 35.5. The van der Waals surface area contributed by atoms with E-state index in [1.54, 1.807) is 0 Å². The highest BCUT2D eigenvalue weighted by Gasteiger charge is 2.39. The van der Waals surface area contributed by atoms with Crippen LogP contribution in [-0.2, 0) is 0 Å². The first-order chi connectivity index (χ1) is 8.74. The molecule has 0 unspecified atom stereocenters. The van der Waals surface area contributed by atoms with Gasteiger partial charge in [0.2, 0.25) is 0 Å². The van der Waals surface area contributed by atoms with Crippen molar-refractivity contribution < 1.29 is 4.74 Å². The molecule has 1 heterocycles. The minimum atomic E-state index is 0.347. The molecular weight excluding hydrogens is 246 g/mol. The molecule has 0 spiro atoms. The Bertz CT molecular complexity index is 425. The summed E-state index contributed by atoms with van der Waals surface area (Å²) in [4.78, 5) is 0. The van der Waals surface area contributed by atoms with Crippen LogP contribution < -0.4 is 10.1 Å². The average Bonchev–Trinajstić information content (AvgIpc) is 3.03. The van der Waals surface area contributed by atoms with Crippen LogP contribution in [0.25, 0.3) is 0 Å². The van der Waals surface area contributed by atoms with Gasteiger partial charge in [-0.2, -0.15) is 0 Å². The van der Waals surface area contributed by atoms with Crippen molar-refractivity contribution in [2.45, 2.75) is 32.3 Å². The Morgan fingerprint density at radius 3 is 2.72 bits per heavy atom. The quantitative estimate of drug-likeness (QED) is 0.901. The van der Waals surface area contributed by atoms with Gasteiger partial charge in [-0.1, -0.05) is 17.7 Å². The summed E-state index contributed by atoms with van der Waals surface area (Å²) in [5.41, 5.74) is 1.18. The zero-order valence-corrected chi connectivity index (χ0v) is 11.5. The highest BCUT2D eigenvalue weighted by Crippen LogP contribution is 2.41. The van der Waals surface area contributed by atoms with Crippen LogP contribution in [0.1, 0.15) is 24.8 Å². The van der Waals surface area contributed by atoms with Gasteiger partial charge >= 0.3 is 0 Å². The van der Waals surface area contributed by atoms with Gasteiger partial charge in [0.1, 0.15) is 11.9 Å². The van der Waals surface area contributed by atoms with E-state index in [-0.39, 0.29) is 0 Å². The third-order valence-electron chi connectivity index (χ3n) is 4.00. The molecule has 0 aromatic heterocycles. The first-order valence-corrected chi connectivity index (χ1v) is 7.25. The van der Waals surface area contributed by atoms with Crippen molar-refractivity contribution in [3.8, 4) is 5.75 Å². The van der Waals surface area contributed by atoms with E-state index >= 15 is 0 Å². The second-order valence-electron chi connectivity index (χ2n) is 5.61. The molecule has 3 rings (SSSR count). The number of aryl methyl sites for hydroxylation is 1. The van der Waals surface area contributed by atoms with Gasteiger partial charge in [-0.15, -0.1) is 0 Å². The Labute approximate surface area is 114 Å². The van der Waals surface area contributed by atoms with Gasteiger partial charge in [-0.3, -0.25) is 0 Å². The predicted molar refractivity (Wildman–Crippen MR) is 74.3 cm³/mol. The molecule has 1 aromatic rings. The summed E-state index contributed by atoms with van der Waals surface area (Å²) in [6, 6.07) is 6.06. The Hall–Kier alpha value is -0.730. The molecule has 2 aliphatic rings. The van der Waals surface area contributed by atoms with Gasteiger partial charge in [0.15, 0.2) is 0 Å². The SMILES string of the molecule is Cc1ccc(O[C@@H](C2CC2)[C@H]2CCNC2)c(Cl)c1. The Balaban J connectivity index is 1.75. The van der Waals surface area contributed by atoms with E-state index in [2.05, 4.69) is 18.3 Å². The molecule has 3 heteroatoms. The molecule has 1 saturated heterocycles. The van der Waals surface area contributed by atoms with Crippen molar-refractivity contribution in [1.29, 1.82) is 0 Å². The zero-order chi connectivity index (χ0) is 12.5. The lowest BCUT2D eigenvalue weighted by molar-refractivity contribution is 0.121. The fourth-order valence-electron chi connectivity index (χ4n) is 2.81. The van der Waals surface area contributed by atoms with Gasteiger partial charge < -0.3 is 10.1 Å². The Morgan fingerprint density at radius 2 is 2.11 bits per heavy atom. The molecule has 1 aliphatic heterocycles. The molecule has 18 heavy (non-hydrogen) atoms. The lowest BCUT2D eigenvalue weighted by atomic mass is 9.97. The third-order valence-corrected chi connectivity index (χ3v) is 4.30. The number of hydrogen-bond donors (Lipinski definition) is 1. The van der Waals surface area contributed by atoms with Crippen LogP contribution in [0.5, 0.6) is 5.75 Å². The second-order valence-corrected chi connectivity index (χ2v) is 6.01. The number of benzene rings is 1. The van der Waals surface area contributed by atoms with Gasteiger partial charge in [0, 0.05) is 12.5 Å². The van der Waals surface area contributed by atoms with E-state index in [0.29, 0.717) is 12.0 Å². The molecule has 98 valence electrons. The minimum Gasteiger partial charge on any atom is -0.488 e. The Morgan fingerprint density at radius 1 is 1.28 bits per heavy atom. The van der Waals surface area contributed by atoms with E-state index in [9.17, 15) is 0 Å². The molecule has 1 aromatic carbocycles. The summed E-state index contributed by atoms with van der Waals surface area (Å²) < 4.78 is 6.24. The van der Waals surface area contributed by atoms with E-state index in [1.807, 2.05) is 12.1 Å². The topological polar surface area (TPSA) is 21.3 Å². The van der Waals surface area contributed by atoms with Crippen molar-refractivity contribution in [2.24, 2.45) is 11.8 Å². The van der Waals surface area contributed by atoms with Crippen molar-refractivity contribution in [3.05, 3.63) is 28.8 Å². The molecule has 0 radical (unpaired) electrons.